The summed E-state index contributed by atoms with van der Waals surface area (Å²) >= 11 is 4.90. The van der Waals surface area contributed by atoms with E-state index in [4.69, 9.17) is 4.74 Å². The second kappa shape index (κ2) is 9.93. The second-order valence-corrected chi connectivity index (χ2v) is 10.1. The highest BCUT2D eigenvalue weighted by atomic mass is 79.9. The van der Waals surface area contributed by atoms with Gasteiger partial charge in [0.2, 0.25) is 0 Å². The zero-order valence-electron chi connectivity index (χ0n) is 19.1. The topological polar surface area (TPSA) is 56.2 Å². The van der Waals surface area contributed by atoms with Crippen LogP contribution in [0, 0.1) is 27.7 Å². The molecule has 2 heterocycles. The summed E-state index contributed by atoms with van der Waals surface area (Å²) in [5, 5.41) is 9.39. The quantitative estimate of drug-likeness (QED) is 0.289. The lowest BCUT2D eigenvalue weighted by Crippen LogP contribution is -2.12. The van der Waals surface area contributed by atoms with Crippen molar-refractivity contribution in [2.24, 2.45) is 0 Å². The summed E-state index contributed by atoms with van der Waals surface area (Å²) in [6.45, 7) is 9.31. The van der Waals surface area contributed by atoms with E-state index >= 15 is 0 Å². The highest BCUT2D eigenvalue weighted by Gasteiger charge is 2.15. The molecule has 0 aliphatic heterocycles. The number of carbonyl (C=O) groups excluding carboxylic acids is 1. The predicted molar refractivity (Wildman–Crippen MR) is 137 cm³/mol. The summed E-state index contributed by atoms with van der Waals surface area (Å²) in [7, 11) is 0. The maximum Gasteiger partial charge on any atom is 0.266 e. The normalized spacial score (nSPS) is 10.9. The van der Waals surface area contributed by atoms with Crippen molar-refractivity contribution in [2.75, 3.05) is 5.32 Å². The molecule has 33 heavy (non-hydrogen) atoms. The van der Waals surface area contributed by atoms with Crippen LogP contribution in [0.15, 0.2) is 58.5 Å². The van der Waals surface area contributed by atoms with E-state index in [0.717, 1.165) is 32.5 Å². The molecule has 0 bridgehead atoms. The van der Waals surface area contributed by atoms with E-state index in [-0.39, 0.29) is 5.91 Å². The molecule has 0 saturated heterocycles. The van der Waals surface area contributed by atoms with Crippen LogP contribution in [0.25, 0.3) is 0 Å². The SMILES string of the molecule is Cc1cccc(Cn2cc(Br)c(NC(=O)c3cc(COc4c(C)cc(C)cc4C)cs3)n2)c1. The average Bonchev–Trinajstić information content (AvgIpc) is 3.34. The molecule has 0 radical (unpaired) electrons. The lowest BCUT2D eigenvalue weighted by atomic mass is 10.1. The molecular formula is C26H26BrN3O2S. The van der Waals surface area contributed by atoms with Crippen molar-refractivity contribution < 1.29 is 9.53 Å². The van der Waals surface area contributed by atoms with Gasteiger partial charge in [-0.25, -0.2) is 0 Å². The summed E-state index contributed by atoms with van der Waals surface area (Å²) in [5.74, 6) is 1.22. The van der Waals surface area contributed by atoms with Gasteiger partial charge in [-0.3, -0.25) is 9.48 Å². The van der Waals surface area contributed by atoms with Gasteiger partial charge >= 0.3 is 0 Å². The molecule has 170 valence electrons. The Bertz CT molecular complexity index is 1290. The maximum absolute atomic E-state index is 12.8. The number of hydrogen-bond donors (Lipinski definition) is 1. The Balaban J connectivity index is 1.39. The van der Waals surface area contributed by atoms with Crippen molar-refractivity contribution in [1.82, 2.24) is 9.78 Å². The zero-order chi connectivity index (χ0) is 23.5. The number of carbonyl (C=O) groups is 1. The van der Waals surface area contributed by atoms with Crippen molar-refractivity contribution in [3.63, 3.8) is 0 Å². The number of nitrogens with zero attached hydrogens (tertiary/aromatic N) is 2. The molecule has 2 aromatic heterocycles. The number of ether oxygens (including phenoxy) is 1. The van der Waals surface area contributed by atoms with Gasteiger partial charge in [0, 0.05) is 11.8 Å². The minimum Gasteiger partial charge on any atom is -0.488 e. The van der Waals surface area contributed by atoms with Gasteiger partial charge in [-0.15, -0.1) is 11.3 Å². The maximum atomic E-state index is 12.8. The van der Waals surface area contributed by atoms with Crippen LogP contribution >= 0.6 is 27.3 Å². The lowest BCUT2D eigenvalue weighted by Gasteiger charge is -2.12. The fraction of sp³-hybridized carbons (Fsp3) is 0.231. The van der Waals surface area contributed by atoms with Gasteiger partial charge in [0.1, 0.15) is 12.4 Å². The molecule has 1 amide bonds. The van der Waals surface area contributed by atoms with Crippen molar-refractivity contribution in [3.8, 4) is 5.75 Å². The monoisotopic (exact) mass is 523 g/mol. The third-order valence-electron chi connectivity index (χ3n) is 5.24. The van der Waals surface area contributed by atoms with Gasteiger partial charge in [0.15, 0.2) is 5.82 Å². The average molecular weight is 524 g/mol. The number of anilines is 1. The van der Waals surface area contributed by atoms with Gasteiger partial charge < -0.3 is 10.1 Å². The van der Waals surface area contributed by atoms with Crippen LogP contribution in [0.1, 0.15) is 43.1 Å². The van der Waals surface area contributed by atoms with Crippen molar-refractivity contribution in [1.29, 1.82) is 0 Å². The molecule has 0 spiro atoms. The second-order valence-electron chi connectivity index (χ2n) is 8.30. The molecule has 0 saturated carbocycles. The van der Waals surface area contributed by atoms with Gasteiger partial charge in [-0.05, 0) is 71.8 Å². The fourth-order valence-electron chi connectivity index (χ4n) is 3.85. The Morgan fingerprint density at radius 1 is 1.06 bits per heavy atom. The zero-order valence-corrected chi connectivity index (χ0v) is 21.5. The number of aromatic nitrogens is 2. The molecule has 4 aromatic rings. The number of amides is 1. The van der Waals surface area contributed by atoms with Crippen molar-refractivity contribution in [3.05, 3.63) is 96.8 Å². The molecular weight excluding hydrogens is 498 g/mol. The molecule has 0 aliphatic carbocycles. The first-order chi connectivity index (χ1) is 15.8. The fourth-order valence-corrected chi connectivity index (χ4v) is 5.06. The van der Waals surface area contributed by atoms with Gasteiger partial charge in [-0.2, -0.15) is 5.10 Å². The van der Waals surface area contributed by atoms with Crippen LogP contribution in [0.3, 0.4) is 0 Å². The van der Waals surface area contributed by atoms with Gasteiger partial charge in [-0.1, -0.05) is 47.5 Å². The van der Waals surface area contributed by atoms with Crippen LogP contribution in [-0.4, -0.2) is 15.7 Å². The van der Waals surface area contributed by atoms with E-state index in [2.05, 4.69) is 84.4 Å². The van der Waals surface area contributed by atoms with E-state index in [0.29, 0.717) is 23.8 Å². The van der Waals surface area contributed by atoms with Gasteiger partial charge in [0.25, 0.3) is 5.91 Å². The summed E-state index contributed by atoms with van der Waals surface area (Å²) in [6.07, 6.45) is 1.87. The minimum atomic E-state index is -0.185. The van der Waals surface area contributed by atoms with E-state index in [1.807, 2.05) is 28.4 Å². The first kappa shape index (κ1) is 23.3. The first-order valence-electron chi connectivity index (χ1n) is 10.7. The standard InChI is InChI=1S/C26H26BrN3O2S/c1-16-6-5-7-20(10-16)12-30-13-22(27)25(29-30)28-26(31)23-11-21(15-33-23)14-32-24-18(3)8-17(2)9-19(24)4/h5-11,13,15H,12,14H2,1-4H3,(H,28,29,31). The molecule has 0 aliphatic rings. The van der Waals surface area contributed by atoms with Crippen LogP contribution in [0.4, 0.5) is 5.82 Å². The number of aryl methyl sites for hydroxylation is 4. The smallest absolute Gasteiger partial charge is 0.266 e. The van der Waals surface area contributed by atoms with Crippen molar-refractivity contribution >= 4 is 39.0 Å². The third kappa shape index (κ3) is 5.72. The summed E-state index contributed by atoms with van der Waals surface area (Å²) < 4.78 is 8.62. The van der Waals surface area contributed by atoms with E-state index in [1.54, 1.807) is 0 Å². The van der Waals surface area contributed by atoms with Crippen LogP contribution < -0.4 is 10.1 Å². The summed E-state index contributed by atoms with van der Waals surface area (Å²) in [6, 6.07) is 14.4. The molecule has 0 unspecified atom stereocenters. The highest BCUT2D eigenvalue weighted by molar-refractivity contribution is 9.10. The Morgan fingerprint density at radius 3 is 2.55 bits per heavy atom. The van der Waals surface area contributed by atoms with Gasteiger partial charge in [0.05, 0.1) is 15.9 Å². The molecule has 2 aromatic carbocycles. The largest absolute Gasteiger partial charge is 0.488 e. The molecule has 5 nitrogen and oxygen atoms in total. The van der Waals surface area contributed by atoms with Crippen LogP contribution in [0.2, 0.25) is 0 Å². The Labute approximate surface area is 206 Å². The molecule has 4 rings (SSSR count). The summed E-state index contributed by atoms with van der Waals surface area (Å²) in [5.41, 5.74) is 6.79. The van der Waals surface area contributed by atoms with Crippen LogP contribution in [0.5, 0.6) is 5.75 Å². The summed E-state index contributed by atoms with van der Waals surface area (Å²) in [4.78, 5) is 13.4. The highest BCUT2D eigenvalue weighted by Crippen LogP contribution is 2.27. The molecule has 1 N–H and O–H groups in total. The number of nitrogens with one attached hydrogen (secondary N) is 1. The molecule has 0 atom stereocenters. The van der Waals surface area contributed by atoms with E-state index in [9.17, 15) is 4.79 Å². The first-order valence-corrected chi connectivity index (χ1v) is 12.3. The lowest BCUT2D eigenvalue weighted by molar-refractivity contribution is 0.103. The third-order valence-corrected chi connectivity index (χ3v) is 6.80. The van der Waals surface area contributed by atoms with E-state index < -0.39 is 0 Å². The van der Waals surface area contributed by atoms with Crippen LogP contribution in [-0.2, 0) is 13.2 Å². The number of hydrogen-bond acceptors (Lipinski definition) is 4. The minimum absolute atomic E-state index is 0.185. The Hall–Kier alpha value is -2.90. The molecule has 7 heteroatoms. The number of thiophene rings is 1. The number of rotatable bonds is 7. The predicted octanol–water partition coefficient (Wildman–Crippen LogP) is 6.82. The van der Waals surface area contributed by atoms with Crippen molar-refractivity contribution in [2.45, 2.75) is 40.8 Å². The Morgan fingerprint density at radius 2 is 1.82 bits per heavy atom. The van der Waals surface area contributed by atoms with E-state index in [1.165, 1.54) is 22.5 Å². The molecule has 0 fully saturated rings. The number of halogens is 1. The number of benzene rings is 2. The Kier molecular flexibility index (Phi) is 7.00.